The summed E-state index contributed by atoms with van der Waals surface area (Å²) in [5, 5.41) is 5.90. The van der Waals surface area contributed by atoms with E-state index in [9.17, 15) is 27.6 Å². The zero-order valence-corrected chi connectivity index (χ0v) is 41.0. The summed E-state index contributed by atoms with van der Waals surface area (Å²) in [5.74, 6) is -3.32. The SMILES string of the molecule is CC(C)COC(=O)N[C@H]1CCCCC/C=C\[C@H](C)[C@](C)(C(=O)NS(=O)(=O)C2(C)CC2)NC(=O)[C@@H]2C[C@]3(CCc4c(c(C(F)(F)F)nc5ccc(OCCCN6CCN(C)CC6)cc45)O3)CN2C1=O. The van der Waals surface area contributed by atoms with E-state index in [1.807, 2.05) is 19.9 Å². The van der Waals surface area contributed by atoms with Crippen LogP contribution in [0.15, 0.2) is 30.4 Å². The summed E-state index contributed by atoms with van der Waals surface area (Å²) in [7, 11) is -2.06. The van der Waals surface area contributed by atoms with Crippen molar-refractivity contribution in [3.63, 3.8) is 0 Å². The molecule has 3 N–H and O–H groups in total. The second-order valence-corrected chi connectivity index (χ2v) is 22.6. The summed E-state index contributed by atoms with van der Waals surface area (Å²) >= 11 is 0. The van der Waals surface area contributed by atoms with Gasteiger partial charge < -0.3 is 39.5 Å². The van der Waals surface area contributed by atoms with Crippen LogP contribution >= 0.6 is 0 Å². The Labute approximate surface area is 397 Å². The Hall–Kier alpha value is -4.69. The summed E-state index contributed by atoms with van der Waals surface area (Å²) in [6.07, 6.45) is 1.69. The van der Waals surface area contributed by atoms with E-state index >= 15 is 13.2 Å². The van der Waals surface area contributed by atoms with E-state index < -0.39 is 85.3 Å². The van der Waals surface area contributed by atoms with E-state index in [-0.39, 0.29) is 55.8 Å². The van der Waals surface area contributed by atoms with E-state index in [0.29, 0.717) is 56.3 Å². The van der Waals surface area contributed by atoms with Crippen molar-refractivity contribution in [3.05, 3.63) is 41.6 Å². The molecule has 0 unspecified atom stereocenters. The number of hydrogen-bond donors (Lipinski definition) is 3. The number of sulfonamides is 1. The van der Waals surface area contributed by atoms with Gasteiger partial charge in [-0.25, -0.2) is 18.2 Å². The van der Waals surface area contributed by atoms with Crippen molar-refractivity contribution in [2.75, 3.05) is 59.5 Å². The molecule has 3 fully saturated rings. The second kappa shape index (κ2) is 20.3. The summed E-state index contributed by atoms with van der Waals surface area (Å²) in [6.45, 7) is 13.2. The fourth-order valence-corrected chi connectivity index (χ4v) is 10.8. The fourth-order valence-electron chi connectivity index (χ4n) is 9.45. The van der Waals surface area contributed by atoms with Crippen LogP contribution in [0.5, 0.6) is 11.5 Å². The number of likely N-dealkylation sites (N-methyl/N-ethyl adjacent to an activating group) is 1. The Balaban J connectivity index is 1.22. The minimum atomic E-state index is -4.95. The molecule has 7 rings (SSSR count). The molecule has 68 heavy (non-hydrogen) atoms. The minimum Gasteiger partial charge on any atom is -0.494 e. The monoisotopic (exact) mass is 975 g/mol. The molecule has 376 valence electrons. The van der Waals surface area contributed by atoms with Gasteiger partial charge in [0.1, 0.15) is 29.0 Å². The molecule has 5 aliphatic rings. The maximum atomic E-state index is 15.1. The fraction of sp³-hybridized carbons (Fsp3) is 0.688. The predicted molar refractivity (Wildman–Crippen MR) is 248 cm³/mol. The molecule has 4 amide bonds. The molecule has 2 saturated heterocycles. The number of pyridine rings is 1. The van der Waals surface area contributed by atoms with Crippen LogP contribution in [0.4, 0.5) is 18.0 Å². The second-order valence-electron chi connectivity index (χ2n) is 20.4. The number of hydrogen-bond acceptors (Lipinski definition) is 12. The number of aromatic nitrogens is 1. The summed E-state index contributed by atoms with van der Waals surface area (Å²) in [4.78, 5) is 67.1. The van der Waals surface area contributed by atoms with Gasteiger partial charge in [0.05, 0.1) is 30.0 Å². The number of rotatable bonds is 11. The average Bonchev–Trinajstić information content (AvgIpc) is 3.95. The third-order valence-corrected chi connectivity index (χ3v) is 16.6. The number of alkyl carbamates (subject to hydrolysis) is 1. The van der Waals surface area contributed by atoms with E-state index in [1.54, 1.807) is 25.1 Å². The number of nitrogens with zero attached hydrogens (tertiary/aromatic N) is 4. The topological polar surface area (TPSA) is 189 Å². The summed E-state index contributed by atoms with van der Waals surface area (Å²) in [5.41, 5.74) is -4.32. The molecule has 1 aromatic carbocycles. The number of alkyl halides is 3. The van der Waals surface area contributed by atoms with Gasteiger partial charge in [0, 0.05) is 56.0 Å². The van der Waals surface area contributed by atoms with Crippen LogP contribution in [-0.2, 0) is 41.7 Å². The average molecular weight is 976 g/mol. The van der Waals surface area contributed by atoms with Gasteiger partial charge in [0.25, 0.3) is 5.91 Å². The molecule has 16 nitrogen and oxygen atoms in total. The van der Waals surface area contributed by atoms with Crippen LogP contribution in [0.25, 0.3) is 10.9 Å². The Morgan fingerprint density at radius 2 is 1.79 bits per heavy atom. The normalized spacial score (nSPS) is 27.9. The molecule has 1 aromatic heterocycles. The third kappa shape index (κ3) is 11.5. The Bertz CT molecular complexity index is 2350. The maximum Gasteiger partial charge on any atom is 0.437 e. The van der Waals surface area contributed by atoms with Crippen LogP contribution < -0.4 is 24.8 Å². The Morgan fingerprint density at radius 1 is 1.06 bits per heavy atom. The number of piperazine rings is 1. The van der Waals surface area contributed by atoms with Gasteiger partial charge in [-0.2, -0.15) is 13.2 Å². The van der Waals surface area contributed by atoms with E-state index in [1.165, 1.54) is 24.8 Å². The van der Waals surface area contributed by atoms with E-state index in [2.05, 4.69) is 37.2 Å². The highest BCUT2D eigenvalue weighted by Crippen LogP contribution is 2.49. The zero-order chi connectivity index (χ0) is 49.2. The lowest BCUT2D eigenvalue weighted by Gasteiger charge is -2.37. The first-order chi connectivity index (χ1) is 32.0. The van der Waals surface area contributed by atoms with Gasteiger partial charge >= 0.3 is 12.3 Å². The molecule has 0 radical (unpaired) electrons. The molecule has 1 saturated carbocycles. The first kappa shape index (κ1) is 51.2. The first-order valence-corrected chi connectivity index (χ1v) is 25.6. The van der Waals surface area contributed by atoms with Crippen molar-refractivity contribution >= 4 is 44.7 Å². The van der Waals surface area contributed by atoms with Crippen molar-refractivity contribution in [2.45, 2.75) is 139 Å². The molecular weight excluding hydrogens is 908 g/mol. The molecule has 0 bridgehead atoms. The smallest absolute Gasteiger partial charge is 0.437 e. The van der Waals surface area contributed by atoms with Gasteiger partial charge in [-0.15, -0.1) is 0 Å². The van der Waals surface area contributed by atoms with Crippen LogP contribution in [0.3, 0.4) is 0 Å². The molecule has 20 heteroatoms. The lowest BCUT2D eigenvalue weighted by atomic mass is 9.84. The highest BCUT2D eigenvalue weighted by Gasteiger charge is 2.57. The third-order valence-electron chi connectivity index (χ3n) is 14.4. The molecule has 4 aliphatic heterocycles. The van der Waals surface area contributed by atoms with Crippen molar-refractivity contribution in [2.24, 2.45) is 11.8 Å². The van der Waals surface area contributed by atoms with Crippen molar-refractivity contribution < 1.29 is 55.0 Å². The largest absolute Gasteiger partial charge is 0.494 e. The lowest BCUT2D eigenvalue weighted by molar-refractivity contribution is -0.144. The number of fused-ring (bicyclic) bond motifs is 4. The van der Waals surface area contributed by atoms with Crippen molar-refractivity contribution in [1.82, 2.24) is 35.0 Å². The first-order valence-electron chi connectivity index (χ1n) is 24.1. The van der Waals surface area contributed by atoms with Gasteiger partial charge in [0.15, 0.2) is 11.4 Å². The number of amides is 4. The quantitative estimate of drug-likeness (QED) is 0.184. The van der Waals surface area contributed by atoms with Crippen molar-refractivity contribution in [3.8, 4) is 11.5 Å². The molecular formula is C48H68F3N7O9S. The number of carbonyl (C=O) groups is 4. The highest BCUT2D eigenvalue weighted by molar-refractivity contribution is 7.91. The summed E-state index contributed by atoms with van der Waals surface area (Å²) < 4.78 is 91.0. The number of benzene rings is 1. The number of carbonyl (C=O) groups excluding carboxylic acids is 4. The Kier molecular flexibility index (Phi) is 15.3. The van der Waals surface area contributed by atoms with E-state index in [4.69, 9.17) is 14.2 Å². The summed E-state index contributed by atoms with van der Waals surface area (Å²) in [6, 6.07) is 2.16. The molecule has 2 aromatic rings. The van der Waals surface area contributed by atoms with Gasteiger partial charge in [-0.3, -0.25) is 19.1 Å². The van der Waals surface area contributed by atoms with Gasteiger partial charge in [-0.1, -0.05) is 45.8 Å². The zero-order valence-electron chi connectivity index (χ0n) is 40.1. The standard InChI is InChI=1S/C48H68F3N7O9S/c1-31(2)29-66-44(62)53-37-14-11-9-7-8-10-13-32(3)46(5,43(61)55-68(63,64)45(4)19-20-45)54-41(59)38-28-47(30-58(38)42(37)60)18-17-34-35-27-33(65-26-12-21-57-24-22-56(6)23-25-57)15-16-36(35)52-40(39(34)67-47)48(49,50)51/h10,13,15-16,27,31-32,37-38H,7-9,11-12,14,17-26,28-30H2,1-6H3,(H,53,62)(H,54,59)(H,55,61)/b13-10-/t32-,37-,38-,46+,47+/m0/s1. The molecule has 5 heterocycles. The van der Waals surface area contributed by atoms with Gasteiger partial charge in [0.2, 0.25) is 21.8 Å². The number of nitrogens with one attached hydrogen (secondary N) is 3. The number of aryl methyl sites for hydroxylation is 1. The van der Waals surface area contributed by atoms with E-state index in [0.717, 1.165) is 39.1 Å². The van der Waals surface area contributed by atoms with Gasteiger partial charge in [-0.05, 0) is 96.4 Å². The van der Waals surface area contributed by atoms with Crippen molar-refractivity contribution in [1.29, 1.82) is 0 Å². The minimum absolute atomic E-state index is 0.00384. The lowest BCUT2D eigenvalue weighted by Crippen LogP contribution is -2.64. The van der Waals surface area contributed by atoms with Crippen LogP contribution in [-0.4, -0.2) is 139 Å². The molecule has 1 aliphatic carbocycles. The number of allylic oxidation sites excluding steroid dienone is 1. The van der Waals surface area contributed by atoms with Crippen LogP contribution in [0.2, 0.25) is 0 Å². The number of halogens is 3. The maximum absolute atomic E-state index is 15.1. The highest BCUT2D eigenvalue weighted by atomic mass is 32.2. The molecule has 5 atom stereocenters. The van der Waals surface area contributed by atoms with Crippen LogP contribution in [0.1, 0.15) is 110 Å². The number of ether oxygens (including phenoxy) is 3. The molecule has 1 spiro atoms. The Morgan fingerprint density at radius 3 is 2.49 bits per heavy atom. The predicted octanol–water partition coefficient (Wildman–Crippen LogP) is 5.72. The van der Waals surface area contributed by atoms with Crippen LogP contribution in [0, 0.1) is 11.8 Å².